The molecule has 0 aliphatic carbocycles. The van der Waals surface area contributed by atoms with Gasteiger partial charge in [0.05, 0.1) is 5.56 Å². The van der Waals surface area contributed by atoms with Crippen LogP contribution in [0.5, 0.6) is 5.75 Å². The minimum absolute atomic E-state index is 0.0124. The van der Waals surface area contributed by atoms with Crippen molar-refractivity contribution in [2.75, 3.05) is 12.4 Å². The van der Waals surface area contributed by atoms with Gasteiger partial charge in [0.25, 0.3) is 5.91 Å². The van der Waals surface area contributed by atoms with Gasteiger partial charge in [0.15, 0.2) is 0 Å². The molecular formula is C11H14ClNO2. The Labute approximate surface area is 94.1 Å². The van der Waals surface area contributed by atoms with E-state index in [9.17, 15) is 9.90 Å². The molecule has 0 aliphatic heterocycles. The topological polar surface area (TPSA) is 49.3 Å². The monoisotopic (exact) mass is 227 g/mol. The van der Waals surface area contributed by atoms with Crippen LogP contribution < -0.4 is 5.32 Å². The number of hydrogen-bond acceptors (Lipinski definition) is 2. The Morgan fingerprint density at radius 2 is 2.27 bits per heavy atom. The van der Waals surface area contributed by atoms with E-state index in [0.717, 1.165) is 12.0 Å². The van der Waals surface area contributed by atoms with Crippen LogP contribution in [0.3, 0.4) is 0 Å². The van der Waals surface area contributed by atoms with Crippen molar-refractivity contribution in [2.24, 2.45) is 0 Å². The lowest BCUT2D eigenvalue weighted by Crippen LogP contribution is -2.24. The summed E-state index contributed by atoms with van der Waals surface area (Å²) in [6.45, 7) is 2.38. The molecule has 82 valence electrons. The molecule has 0 unspecified atom stereocenters. The second-order valence-electron chi connectivity index (χ2n) is 3.32. The number of aromatic hydroxyl groups is 1. The van der Waals surface area contributed by atoms with Gasteiger partial charge in [0.2, 0.25) is 0 Å². The van der Waals surface area contributed by atoms with Crippen LogP contribution in [0.25, 0.3) is 0 Å². The number of aryl methyl sites for hydroxylation is 1. The number of alkyl halides is 1. The highest BCUT2D eigenvalue weighted by atomic mass is 35.5. The van der Waals surface area contributed by atoms with Crippen LogP contribution in [-0.2, 0) is 0 Å². The van der Waals surface area contributed by atoms with E-state index in [4.69, 9.17) is 11.6 Å². The first-order valence-corrected chi connectivity index (χ1v) is 5.32. The number of carbonyl (C=O) groups is 1. The van der Waals surface area contributed by atoms with E-state index in [-0.39, 0.29) is 11.7 Å². The Morgan fingerprint density at radius 3 is 2.87 bits per heavy atom. The highest BCUT2D eigenvalue weighted by Crippen LogP contribution is 2.17. The molecule has 0 fully saturated rings. The quantitative estimate of drug-likeness (QED) is 0.611. The van der Waals surface area contributed by atoms with Crippen LogP contribution in [0.2, 0.25) is 0 Å². The Balaban J connectivity index is 2.65. The maximum Gasteiger partial charge on any atom is 0.255 e. The van der Waals surface area contributed by atoms with Crippen molar-refractivity contribution in [3.8, 4) is 5.75 Å². The molecule has 0 heterocycles. The Hall–Kier alpha value is -1.22. The molecule has 1 rings (SSSR count). The van der Waals surface area contributed by atoms with Crippen molar-refractivity contribution in [3.05, 3.63) is 29.3 Å². The number of hydrogen-bond donors (Lipinski definition) is 2. The Morgan fingerprint density at radius 1 is 1.53 bits per heavy atom. The fourth-order valence-corrected chi connectivity index (χ4v) is 1.33. The van der Waals surface area contributed by atoms with Gasteiger partial charge in [0.1, 0.15) is 5.75 Å². The van der Waals surface area contributed by atoms with Crippen LogP contribution in [0.1, 0.15) is 22.3 Å². The van der Waals surface area contributed by atoms with Gasteiger partial charge >= 0.3 is 0 Å². The highest BCUT2D eigenvalue weighted by molar-refractivity contribution is 6.17. The van der Waals surface area contributed by atoms with Gasteiger partial charge in [-0.3, -0.25) is 4.79 Å². The van der Waals surface area contributed by atoms with Crippen molar-refractivity contribution < 1.29 is 9.90 Å². The number of halogens is 1. The normalized spacial score (nSPS) is 10.0. The standard InChI is InChI=1S/C11H14ClNO2/c1-8-3-4-9(10(14)7-8)11(15)13-6-2-5-12/h3-4,7,14H,2,5-6H2,1H3,(H,13,15). The van der Waals surface area contributed by atoms with Gasteiger partial charge in [-0.1, -0.05) is 6.07 Å². The second-order valence-corrected chi connectivity index (χ2v) is 3.70. The van der Waals surface area contributed by atoms with Gasteiger partial charge in [-0.2, -0.15) is 0 Å². The molecule has 0 saturated heterocycles. The van der Waals surface area contributed by atoms with E-state index in [1.165, 1.54) is 0 Å². The molecule has 0 saturated carbocycles. The first-order valence-electron chi connectivity index (χ1n) is 4.79. The van der Waals surface area contributed by atoms with Crippen molar-refractivity contribution in [2.45, 2.75) is 13.3 Å². The lowest BCUT2D eigenvalue weighted by molar-refractivity contribution is 0.0951. The van der Waals surface area contributed by atoms with Crippen molar-refractivity contribution >= 4 is 17.5 Å². The third-order valence-corrected chi connectivity index (χ3v) is 2.26. The zero-order valence-electron chi connectivity index (χ0n) is 8.59. The summed E-state index contributed by atoms with van der Waals surface area (Å²) in [6, 6.07) is 4.97. The first-order chi connectivity index (χ1) is 7.15. The fraction of sp³-hybridized carbons (Fsp3) is 0.364. The van der Waals surface area contributed by atoms with Gasteiger partial charge in [-0.25, -0.2) is 0 Å². The van der Waals surface area contributed by atoms with Gasteiger partial charge in [-0.05, 0) is 31.0 Å². The molecule has 0 spiro atoms. The van der Waals surface area contributed by atoms with Gasteiger partial charge in [0, 0.05) is 12.4 Å². The Kier molecular flexibility index (Phi) is 4.43. The van der Waals surface area contributed by atoms with E-state index >= 15 is 0 Å². The van der Waals surface area contributed by atoms with Gasteiger partial charge in [-0.15, -0.1) is 11.6 Å². The molecule has 0 atom stereocenters. The summed E-state index contributed by atoms with van der Waals surface area (Å²) in [4.78, 5) is 11.5. The predicted octanol–water partition coefficient (Wildman–Crippen LogP) is 2.06. The zero-order chi connectivity index (χ0) is 11.3. The average molecular weight is 228 g/mol. The van der Waals surface area contributed by atoms with Gasteiger partial charge < -0.3 is 10.4 Å². The van der Waals surface area contributed by atoms with E-state index in [2.05, 4.69) is 5.32 Å². The van der Waals surface area contributed by atoms with Crippen LogP contribution in [-0.4, -0.2) is 23.4 Å². The van der Waals surface area contributed by atoms with Crippen LogP contribution >= 0.6 is 11.6 Å². The van der Waals surface area contributed by atoms with Crippen molar-refractivity contribution in [1.29, 1.82) is 0 Å². The summed E-state index contributed by atoms with van der Waals surface area (Å²) in [5, 5.41) is 12.2. The number of amides is 1. The maximum absolute atomic E-state index is 11.5. The maximum atomic E-state index is 11.5. The fourth-order valence-electron chi connectivity index (χ4n) is 1.20. The number of benzene rings is 1. The lowest BCUT2D eigenvalue weighted by atomic mass is 10.1. The molecule has 0 radical (unpaired) electrons. The van der Waals surface area contributed by atoms with Crippen molar-refractivity contribution in [1.82, 2.24) is 5.32 Å². The molecule has 1 aromatic rings. The highest BCUT2D eigenvalue weighted by Gasteiger charge is 2.09. The molecule has 3 nitrogen and oxygen atoms in total. The SMILES string of the molecule is Cc1ccc(C(=O)NCCCCl)c(O)c1. The number of nitrogens with one attached hydrogen (secondary N) is 1. The minimum atomic E-state index is -0.266. The molecule has 0 bridgehead atoms. The molecule has 4 heteroatoms. The minimum Gasteiger partial charge on any atom is -0.507 e. The van der Waals surface area contributed by atoms with Crippen molar-refractivity contribution in [3.63, 3.8) is 0 Å². The van der Waals surface area contributed by atoms with E-state index in [0.29, 0.717) is 18.0 Å². The predicted molar refractivity (Wildman–Crippen MR) is 60.5 cm³/mol. The summed E-state index contributed by atoms with van der Waals surface area (Å²) in [5.74, 6) is 0.260. The molecule has 15 heavy (non-hydrogen) atoms. The zero-order valence-corrected chi connectivity index (χ0v) is 9.34. The largest absolute Gasteiger partial charge is 0.507 e. The second kappa shape index (κ2) is 5.61. The van der Waals surface area contributed by atoms with E-state index < -0.39 is 0 Å². The Bertz CT molecular complexity index is 352. The molecular weight excluding hydrogens is 214 g/mol. The molecule has 1 aromatic carbocycles. The molecule has 0 aliphatic rings. The summed E-state index contributed by atoms with van der Waals surface area (Å²) in [7, 11) is 0. The summed E-state index contributed by atoms with van der Waals surface area (Å²) in [5.41, 5.74) is 1.22. The summed E-state index contributed by atoms with van der Waals surface area (Å²) < 4.78 is 0. The number of phenolic OH excluding ortho intramolecular Hbond substituents is 1. The number of carbonyl (C=O) groups excluding carboxylic acids is 1. The average Bonchev–Trinajstić information content (AvgIpc) is 2.17. The van der Waals surface area contributed by atoms with Crippen LogP contribution in [0, 0.1) is 6.92 Å². The van der Waals surface area contributed by atoms with Crippen LogP contribution in [0.15, 0.2) is 18.2 Å². The summed E-state index contributed by atoms with van der Waals surface area (Å²) in [6.07, 6.45) is 0.722. The third-order valence-electron chi connectivity index (χ3n) is 1.99. The number of phenols is 1. The summed E-state index contributed by atoms with van der Waals surface area (Å²) >= 11 is 5.48. The van der Waals surface area contributed by atoms with E-state index in [1.54, 1.807) is 18.2 Å². The molecule has 2 N–H and O–H groups in total. The van der Waals surface area contributed by atoms with Crippen LogP contribution in [0.4, 0.5) is 0 Å². The van der Waals surface area contributed by atoms with E-state index in [1.807, 2.05) is 6.92 Å². The number of rotatable bonds is 4. The smallest absolute Gasteiger partial charge is 0.255 e. The first kappa shape index (κ1) is 11.9. The lowest BCUT2D eigenvalue weighted by Gasteiger charge is -2.06. The molecule has 0 aromatic heterocycles. The third kappa shape index (κ3) is 3.44. The molecule has 1 amide bonds.